The van der Waals surface area contributed by atoms with Crippen molar-refractivity contribution in [2.45, 2.75) is 19.6 Å². The number of benzene rings is 2. The quantitative estimate of drug-likeness (QED) is 0.361. The lowest BCUT2D eigenvalue weighted by atomic mass is 10.1. The minimum absolute atomic E-state index is 0.166. The summed E-state index contributed by atoms with van der Waals surface area (Å²) in [5, 5.41) is 5.15. The topological polar surface area (TPSA) is 129 Å². The molecule has 0 saturated carbocycles. The van der Waals surface area contributed by atoms with E-state index in [1.807, 2.05) is 30.3 Å². The van der Waals surface area contributed by atoms with E-state index in [-0.39, 0.29) is 34.9 Å². The van der Waals surface area contributed by atoms with Crippen LogP contribution < -0.4 is 21.9 Å². The number of anilines is 1. The molecule has 2 aromatic carbocycles. The van der Waals surface area contributed by atoms with E-state index in [1.54, 1.807) is 35.9 Å². The summed E-state index contributed by atoms with van der Waals surface area (Å²) in [7, 11) is 3.03. The van der Waals surface area contributed by atoms with Crippen LogP contribution in [0.15, 0.2) is 70.5 Å². The maximum atomic E-state index is 13.4. The molecule has 0 aliphatic heterocycles. The van der Waals surface area contributed by atoms with Gasteiger partial charge >= 0.3 is 5.69 Å². The Morgan fingerprint density at radius 1 is 1.00 bits per heavy atom. The number of ether oxygens (including phenoxy) is 1. The molecule has 0 bridgehead atoms. The van der Waals surface area contributed by atoms with Gasteiger partial charge in [0.1, 0.15) is 6.54 Å². The first-order chi connectivity index (χ1) is 17.4. The molecule has 4 aromatic rings. The monoisotopic (exact) mass is 490 g/mol. The molecule has 0 spiro atoms. The summed E-state index contributed by atoms with van der Waals surface area (Å²) in [6, 6.07) is 15.8. The number of aromatic nitrogens is 4. The van der Waals surface area contributed by atoms with Gasteiger partial charge in [-0.1, -0.05) is 42.5 Å². The predicted octanol–water partition coefficient (Wildman–Crippen LogP) is 1.05. The third-order valence-electron chi connectivity index (χ3n) is 5.68. The van der Waals surface area contributed by atoms with Crippen LogP contribution in [0.3, 0.4) is 0 Å². The van der Waals surface area contributed by atoms with Crippen molar-refractivity contribution in [3.8, 4) is 0 Å². The van der Waals surface area contributed by atoms with E-state index in [0.717, 1.165) is 10.1 Å². The summed E-state index contributed by atoms with van der Waals surface area (Å²) in [4.78, 5) is 56.3. The summed E-state index contributed by atoms with van der Waals surface area (Å²) in [5.74, 6) is -1.00. The number of carbonyl (C=O) groups is 2. The summed E-state index contributed by atoms with van der Waals surface area (Å²) in [6.45, 7) is 0.301. The number of hydrogen-bond acceptors (Lipinski definition) is 6. The number of para-hydroxylation sites is 1. The van der Waals surface area contributed by atoms with Crippen molar-refractivity contribution in [2.24, 2.45) is 0 Å². The number of carbonyl (C=O) groups excluding carboxylic acids is 2. The van der Waals surface area contributed by atoms with Crippen LogP contribution in [0, 0.1) is 0 Å². The van der Waals surface area contributed by atoms with Gasteiger partial charge in [0.15, 0.2) is 11.2 Å². The third kappa shape index (κ3) is 4.96. The second kappa shape index (κ2) is 10.8. The summed E-state index contributed by atoms with van der Waals surface area (Å²) in [6.07, 6.45) is 1.48. The Morgan fingerprint density at radius 3 is 2.44 bits per heavy atom. The van der Waals surface area contributed by atoms with E-state index in [1.165, 1.54) is 17.9 Å². The minimum atomic E-state index is -0.664. The second-order valence-corrected chi connectivity index (χ2v) is 8.02. The fourth-order valence-corrected chi connectivity index (χ4v) is 3.90. The molecule has 0 radical (unpaired) electrons. The van der Waals surface area contributed by atoms with Crippen molar-refractivity contribution in [3.63, 3.8) is 0 Å². The molecule has 2 amide bonds. The van der Waals surface area contributed by atoms with Crippen molar-refractivity contribution < 1.29 is 14.3 Å². The molecule has 2 heterocycles. The Balaban J connectivity index is 1.76. The molecule has 2 aromatic heterocycles. The number of amides is 2. The van der Waals surface area contributed by atoms with Crippen molar-refractivity contribution in [1.29, 1.82) is 0 Å². The molecule has 0 atom stereocenters. The Kier molecular flexibility index (Phi) is 7.40. The van der Waals surface area contributed by atoms with Gasteiger partial charge in [-0.25, -0.2) is 14.3 Å². The molecule has 0 aliphatic rings. The van der Waals surface area contributed by atoms with E-state index in [4.69, 9.17) is 4.74 Å². The van der Waals surface area contributed by atoms with Crippen LogP contribution in [0.2, 0.25) is 0 Å². The number of imidazole rings is 1. The first-order valence-corrected chi connectivity index (χ1v) is 11.3. The third-order valence-corrected chi connectivity index (χ3v) is 5.68. The zero-order chi connectivity index (χ0) is 25.7. The molecule has 186 valence electrons. The van der Waals surface area contributed by atoms with Gasteiger partial charge in [-0.05, 0) is 17.7 Å². The lowest BCUT2D eigenvalue weighted by Crippen LogP contribution is -2.43. The van der Waals surface area contributed by atoms with Crippen molar-refractivity contribution in [3.05, 3.63) is 92.9 Å². The molecule has 0 fully saturated rings. The van der Waals surface area contributed by atoms with Crippen LogP contribution in [0.5, 0.6) is 0 Å². The average molecular weight is 491 g/mol. The zero-order valence-corrected chi connectivity index (χ0v) is 19.9. The molecular formula is C25H26N6O5. The van der Waals surface area contributed by atoms with Gasteiger partial charge in [-0.3, -0.25) is 19.0 Å². The van der Waals surface area contributed by atoms with Crippen molar-refractivity contribution >= 4 is 28.7 Å². The van der Waals surface area contributed by atoms with Gasteiger partial charge in [-0.2, -0.15) is 0 Å². The van der Waals surface area contributed by atoms with Crippen LogP contribution in [0.1, 0.15) is 15.9 Å². The molecule has 0 unspecified atom stereocenters. The standard InChI is InChI=1S/C25H26N6O5/c1-26-23(33)18-10-6-7-11-19(18)28-20(32)15-31-24(34)21-22(27-16-29(21)12-13-36-2)30(25(31)35)14-17-8-4-3-5-9-17/h3-11,16H,12-15H2,1-2H3,(H,26,33)(H,28,32). The Morgan fingerprint density at radius 2 is 1.72 bits per heavy atom. The lowest BCUT2D eigenvalue weighted by Gasteiger charge is -2.14. The van der Waals surface area contributed by atoms with Gasteiger partial charge in [0.05, 0.1) is 30.7 Å². The van der Waals surface area contributed by atoms with Crippen LogP contribution in [-0.2, 0) is 29.2 Å². The molecule has 0 aliphatic carbocycles. The number of nitrogens with zero attached hydrogens (tertiary/aromatic N) is 4. The first kappa shape index (κ1) is 24.6. The summed E-state index contributed by atoms with van der Waals surface area (Å²) < 4.78 is 9.00. The Hall–Kier alpha value is -4.51. The van der Waals surface area contributed by atoms with Gasteiger partial charge in [0, 0.05) is 20.7 Å². The molecule has 11 nitrogen and oxygen atoms in total. The molecule has 11 heteroatoms. The largest absolute Gasteiger partial charge is 0.383 e. The number of nitrogens with one attached hydrogen (secondary N) is 2. The molecular weight excluding hydrogens is 464 g/mol. The predicted molar refractivity (Wildman–Crippen MR) is 134 cm³/mol. The molecule has 4 rings (SSSR count). The normalized spacial score (nSPS) is 10.9. The lowest BCUT2D eigenvalue weighted by molar-refractivity contribution is -0.116. The van der Waals surface area contributed by atoms with Crippen molar-refractivity contribution in [1.82, 2.24) is 24.0 Å². The van der Waals surface area contributed by atoms with Gasteiger partial charge in [0.25, 0.3) is 11.5 Å². The SMILES string of the molecule is CNC(=O)c1ccccc1NC(=O)Cn1c(=O)c2c(ncn2CCOC)n(Cc2ccccc2)c1=O. The smallest absolute Gasteiger partial charge is 0.333 e. The Bertz CT molecular complexity index is 1520. The molecule has 36 heavy (non-hydrogen) atoms. The molecule has 0 saturated heterocycles. The highest BCUT2D eigenvalue weighted by Gasteiger charge is 2.21. The minimum Gasteiger partial charge on any atom is -0.383 e. The van der Waals surface area contributed by atoms with E-state index in [2.05, 4.69) is 15.6 Å². The summed E-state index contributed by atoms with van der Waals surface area (Å²) in [5.41, 5.74) is 0.487. The van der Waals surface area contributed by atoms with Gasteiger partial charge in [0.2, 0.25) is 5.91 Å². The van der Waals surface area contributed by atoms with E-state index in [0.29, 0.717) is 13.2 Å². The van der Waals surface area contributed by atoms with Crippen LogP contribution in [0.25, 0.3) is 11.2 Å². The summed E-state index contributed by atoms with van der Waals surface area (Å²) >= 11 is 0. The Labute approximate surface area is 206 Å². The van der Waals surface area contributed by atoms with E-state index >= 15 is 0 Å². The van der Waals surface area contributed by atoms with Gasteiger partial charge < -0.3 is 19.9 Å². The van der Waals surface area contributed by atoms with Crippen LogP contribution >= 0.6 is 0 Å². The first-order valence-electron chi connectivity index (χ1n) is 11.3. The zero-order valence-electron chi connectivity index (χ0n) is 19.9. The van der Waals surface area contributed by atoms with E-state index < -0.39 is 23.7 Å². The fourth-order valence-electron chi connectivity index (χ4n) is 3.90. The number of hydrogen-bond donors (Lipinski definition) is 2. The fraction of sp³-hybridized carbons (Fsp3) is 0.240. The highest BCUT2D eigenvalue weighted by atomic mass is 16.5. The average Bonchev–Trinajstić information content (AvgIpc) is 3.32. The number of methoxy groups -OCH3 is 1. The maximum Gasteiger partial charge on any atom is 0.333 e. The maximum absolute atomic E-state index is 13.4. The van der Waals surface area contributed by atoms with E-state index in [9.17, 15) is 19.2 Å². The van der Waals surface area contributed by atoms with Crippen LogP contribution in [0.4, 0.5) is 5.69 Å². The highest BCUT2D eigenvalue weighted by molar-refractivity contribution is 6.03. The van der Waals surface area contributed by atoms with Gasteiger partial charge in [-0.15, -0.1) is 0 Å². The number of rotatable bonds is 9. The van der Waals surface area contributed by atoms with Crippen LogP contribution in [-0.4, -0.2) is 51.3 Å². The second-order valence-electron chi connectivity index (χ2n) is 8.02. The van der Waals surface area contributed by atoms with Crippen molar-refractivity contribution in [2.75, 3.05) is 26.1 Å². The highest BCUT2D eigenvalue weighted by Crippen LogP contribution is 2.15. The molecule has 2 N–H and O–H groups in total. The number of fused-ring (bicyclic) bond motifs is 1.